The lowest BCUT2D eigenvalue weighted by molar-refractivity contribution is -0.384. The number of rotatable bonds is 2. The predicted molar refractivity (Wildman–Crippen MR) is 57.5 cm³/mol. The Morgan fingerprint density at radius 3 is 2.75 bits per heavy atom. The summed E-state index contributed by atoms with van der Waals surface area (Å²) in [6.45, 7) is 1.45. The van der Waals surface area contributed by atoms with Crippen molar-refractivity contribution in [2.75, 3.05) is 13.1 Å². The van der Waals surface area contributed by atoms with Crippen molar-refractivity contribution in [3.63, 3.8) is 0 Å². The molecule has 7 heteroatoms. The summed E-state index contributed by atoms with van der Waals surface area (Å²) in [4.78, 5) is 14.3. The first-order valence-electron chi connectivity index (χ1n) is 4.40. The summed E-state index contributed by atoms with van der Waals surface area (Å²) in [5, 5.41) is 14.0. The SMILES string of the molecule is O=[N+]([O-])c1cc(Cl)cc(C2=NCCN2)c1.[Cl-]. The second-order valence-corrected chi connectivity index (χ2v) is 3.55. The zero-order chi connectivity index (χ0) is 10.8. The molecular formula is C9H8Cl2N3O2-. The van der Waals surface area contributed by atoms with Crippen LogP contribution in [-0.4, -0.2) is 23.8 Å². The summed E-state index contributed by atoms with van der Waals surface area (Å²) in [5.74, 6) is 0.667. The molecule has 86 valence electrons. The molecule has 0 aliphatic carbocycles. The largest absolute Gasteiger partial charge is 1.00 e. The van der Waals surface area contributed by atoms with Gasteiger partial charge in [0.15, 0.2) is 0 Å². The van der Waals surface area contributed by atoms with Gasteiger partial charge in [0.05, 0.1) is 11.5 Å². The summed E-state index contributed by atoms with van der Waals surface area (Å²) < 4.78 is 0. The van der Waals surface area contributed by atoms with Gasteiger partial charge < -0.3 is 17.7 Å². The molecule has 0 saturated heterocycles. The maximum atomic E-state index is 10.6. The van der Waals surface area contributed by atoms with Gasteiger partial charge in [-0.3, -0.25) is 15.1 Å². The number of aliphatic imine (C=N–C) groups is 1. The highest BCUT2D eigenvalue weighted by Crippen LogP contribution is 2.21. The number of benzene rings is 1. The number of non-ortho nitro benzene ring substituents is 1. The number of nitro benzene ring substituents is 1. The number of halogens is 2. The van der Waals surface area contributed by atoms with Gasteiger partial charge in [0.1, 0.15) is 5.84 Å². The molecule has 1 aliphatic heterocycles. The van der Waals surface area contributed by atoms with E-state index in [1.54, 1.807) is 6.07 Å². The highest BCUT2D eigenvalue weighted by Gasteiger charge is 2.14. The highest BCUT2D eigenvalue weighted by molar-refractivity contribution is 6.31. The van der Waals surface area contributed by atoms with Gasteiger partial charge in [-0.25, -0.2) is 0 Å². The number of amidine groups is 1. The van der Waals surface area contributed by atoms with Gasteiger partial charge in [0.25, 0.3) is 5.69 Å². The monoisotopic (exact) mass is 260 g/mol. The first kappa shape index (κ1) is 12.7. The Labute approximate surface area is 103 Å². The number of hydrogen-bond donors (Lipinski definition) is 1. The standard InChI is InChI=1S/C9H8ClN3O2.ClH/c10-7-3-6(9-11-1-2-12-9)4-8(5-7)13(14)15;/h3-5H,1-2H2,(H,11,12);1H/p-1. The van der Waals surface area contributed by atoms with E-state index in [2.05, 4.69) is 10.3 Å². The molecule has 5 nitrogen and oxygen atoms in total. The average molecular weight is 261 g/mol. The van der Waals surface area contributed by atoms with Gasteiger partial charge in [-0.1, -0.05) is 11.6 Å². The Kier molecular flexibility index (Phi) is 4.09. The summed E-state index contributed by atoms with van der Waals surface area (Å²) in [5.41, 5.74) is 0.639. The predicted octanol–water partition coefficient (Wildman–Crippen LogP) is -1.40. The fourth-order valence-corrected chi connectivity index (χ4v) is 1.64. The van der Waals surface area contributed by atoms with Crippen molar-refractivity contribution in [2.45, 2.75) is 0 Å². The van der Waals surface area contributed by atoms with Crippen LogP contribution >= 0.6 is 11.6 Å². The van der Waals surface area contributed by atoms with E-state index in [1.165, 1.54) is 12.1 Å². The molecule has 0 unspecified atom stereocenters. The Hall–Kier alpha value is -1.33. The molecule has 1 N–H and O–H groups in total. The number of hydrogen-bond acceptors (Lipinski definition) is 4. The lowest BCUT2D eigenvalue weighted by Gasteiger charge is -2.02. The van der Waals surface area contributed by atoms with Crippen molar-refractivity contribution < 1.29 is 17.3 Å². The van der Waals surface area contributed by atoms with E-state index >= 15 is 0 Å². The lowest BCUT2D eigenvalue weighted by Crippen LogP contribution is -3.00. The van der Waals surface area contributed by atoms with E-state index in [4.69, 9.17) is 11.6 Å². The van der Waals surface area contributed by atoms with Crippen LogP contribution in [0.1, 0.15) is 5.56 Å². The molecular weight excluding hydrogens is 253 g/mol. The molecule has 0 atom stereocenters. The molecule has 1 aromatic rings. The lowest BCUT2D eigenvalue weighted by atomic mass is 10.2. The minimum Gasteiger partial charge on any atom is -1.00 e. The van der Waals surface area contributed by atoms with Crippen LogP contribution in [-0.2, 0) is 0 Å². The van der Waals surface area contributed by atoms with Gasteiger partial charge in [-0.2, -0.15) is 0 Å². The first-order chi connectivity index (χ1) is 7.16. The third-order valence-corrected chi connectivity index (χ3v) is 2.26. The fraction of sp³-hybridized carbons (Fsp3) is 0.222. The van der Waals surface area contributed by atoms with Crippen molar-refractivity contribution in [3.05, 3.63) is 38.9 Å². The zero-order valence-corrected chi connectivity index (χ0v) is 9.62. The molecule has 2 rings (SSSR count). The quantitative estimate of drug-likeness (QED) is 0.526. The van der Waals surface area contributed by atoms with Crippen LogP contribution < -0.4 is 17.7 Å². The van der Waals surface area contributed by atoms with E-state index in [0.717, 1.165) is 6.54 Å². The molecule has 0 amide bonds. The van der Waals surface area contributed by atoms with Gasteiger partial charge >= 0.3 is 0 Å². The van der Waals surface area contributed by atoms with Crippen molar-refractivity contribution in [2.24, 2.45) is 4.99 Å². The number of nitrogens with zero attached hydrogens (tertiary/aromatic N) is 2. The normalized spacial score (nSPS) is 13.7. The molecule has 1 aliphatic rings. The van der Waals surface area contributed by atoms with E-state index in [9.17, 15) is 10.1 Å². The molecule has 1 aromatic carbocycles. The Morgan fingerprint density at radius 2 is 2.19 bits per heavy atom. The summed E-state index contributed by atoms with van der Waals surface area (Å²) in [6, 6.07) is 4.44. The van der Waals surface area contributed by atoms with E-state index < -0.39 is 4.92 Å². The van der Waals surface area contributed by atoms with Crippen molar-refractivity contribution >= 4 is 23.1 Å². The van der Waals surface area contributed by atoms with Crippen molar-refractivity contribution in [1.82, 2.24) is 5.32 Å². The highest BCUT2D eigenvalue weighted by atomic mass is 35.5. The van der Waals surface area contributed by atoms with Gasteiger partial charge in [-0.15, -0.1) is 0 Å². The Bertz CT molecular complexity index is 448. The summed E-state index contributed by atoms with van der Waals surface area (Å²) in [6.07, 6.45) is 0. The van der Waals surface area contributed by atoms with Gasteiger partial charge in [-0.05, 0) is 6.07 Å². The maximum Gasteiger partial charge on any atom is 0.271 e. The topological polar surface area (TPSA) is 67.5 Å². The number of nitro groups is 1. The van der Waals surface area contributed by atoms with Crippen molar-refractivity contribution in [3.8, 4) is 0 Å². The smallest absolute Gasteiger partial charge is 0.271 e. The Morgan fingerprint density at radius 1 is 1.44 bits per heavy atom. The molecule has 0 aromatic heterocycles. The third kappa shape index (κ3) is 2.62. The average Bonchev–Trinajstić information content (AvgIpc) is 2.69. The molecule has 0 fully saturated rings. The molecule has 0 bridgehead atoms. The van der Waals surface area contributed by atoms with Crippen LogP contribution in [0.4, 0.5) is 5.69 Å². The number of nitrogens with one attached hydrogen (secondary N) is 1. The zero-order valence-electron chi connectivity index (χ0n) is 8.11. The third-order valence-electron chi connectivity index (χ3n) is 2.04. The Balaban J connectivity index is 0.00000128. The van der Waals surface area contributed by atoms with Crippen LogP contribution in [0, 0.1) is 10.1 Å². The fourth-order valence-electron chi connectivity index (χ4n) is 1.41. The van der Waals surface area contributed by atoms with Gasteiger partial charge in [0.2, 0.25) is 0 Å². The summed E-state index contributed by atoms with van der Waals surface area (Å²) >= 11 is 5.79. The van der Waals surface area contributed by atoms with E-state index in [0.29, 0.717) is 23.0 Å². The van der Waals surface area contributed by atoms with Gasteiger partial charge in [0, 0.05) is 29.3 Å². The van der Waals surface area contributed by atoms with Crippen LogP contribution in [0.15, 0.2) is 23.2 Å². The van der Waals surface area contributed by atoms with Crippen molar-refractivity contribution in [1.29, 1.82) is 0 Å². The second kappa shape index (κ2) is 5.14. The molecule has 1 heterocycles. The minimum absolute atomic E-state index is 0. The molecule has 0 spiro atoms. The molecule has 0 saturated carbocycles. The van der Waals surface area contributed by atoms with Crippen LogP contribution in [0.5, 0.6) is 0 Å². The van der Waals surface area contributed by atoms with E-state index in [1.807, 2.05) is 0 Å². The second-order valence-electron chi connectivity index (χ2n) is 3.11. The maximum absolute atomic E-state index is 10.6. The summed E-state index contributed by atoms with van der Waals surface area (Å²) in [7, 11) is 0. The van der Waals surface area contributed by atoms with E-state index in [-0.39, 0.29) is 18.1 Å². The van der Waals surface area contributed by atoms with Crippen LogP contribution in [0.25, 0.3) is 0 Å². The van der Waals surface area contributed by atoms with Crippen LogP contribution in [0.2, 0.25) is 5.02 Å². The molecule has 0 radical (unpaired) electrons. The minimum atomic E-state index is -0.467. The molecule has 16 heavy (non-hydrogen) atoms. The first-order valence-corrected chi connectivity index (χ1v) is 4.78. The van der Waals surface area contributed by atoms with Crippen LogP contribution in [0.3, 0.4) is 0 Å².